The van der Waals surface area contributed by atoms with E-state index in [1.54, 1.807) is 5.01 Å². The first-order chi connectivity index (χ1) is 13.1. The summed E-state index contributed by atoms with van der Waals surface area (Å²) >= 11 is 0. The highest BCUT2D eigenvalue weighted by molar-refractivity contribution is 6.01. The van der Waals surface area contributed by atoms with Crippen LogP contribution in [0.15, 0.2) is 47.1 Å². The van der Waals surface area contributed by atoms with E-state index in [4.69, 9.17) is 5.84 Å². The quantitative estimate of drug-likeness (QED) is 0.604. The first kappa shape index (κ1) is 19.8. The second-order valence-corrected chi connectivity index (χ2v) is 7.72. The van der Waals surface area contributed by atoms with Gasteiger partial charge in [-0.2, -0.15) is 0 Å². The molecule has 3 rings (SSSR count). The van der Waals surface area contributed by atoms with Gasteiger partial charge in [0.15, 0.2) is 0 Å². The Bertz CT molecular complexity index is 732. The Labute approximate surface area is 164 Å². The first-order valence-electron chi connectivity index (χ1n) is 10.3. The van der Waals surface area contributed by atoms with Crippen molar-refractivity contribution in [2.24, 2.45) is 10.8 Å². The van der Waals surface area contributed by atoms with E-state index in [0.717, 1.165) is 50.2 Å². The predicted molar refractivity (Wildman–Crippen MR) is 116 cm³/mol. The van der Waals surface area contributed by atoms with Gasteiger partial charge in [0.2, 0.25) is 0 Å². The molecule has 4 heteroatoms. The first-order valence-corrected chi connectivity index (χ1v) is 10.3. The van der Waals surface area contributed by atoms with Gasteiger partial charge in [-0.25, -0.2) is 5.84 Å². The predicted octanol–water partition coefficient (Wildman–Crippen LogP) is 4.26. The lowest BCUT2D eigenvalue weighted by Gasteiger charge is -2.29. The van der Waals surface area contributed by atoms with Gasteiger partial charge in [0.25, 0.3) is 0 Å². The van der Waals surface area contributed by atoms with Crippen LogP contribution < -0.4 is 10.9 Å². The fraction of sp³-hybridized carbons (Fsp3) is 0.522. The molecule has 146 valence electrons. The number of nitrogens with two attached hydrogens (primary N) is 1. The molecule has 27 heavy (non-hydrogen) atoms. The highest BCUT2D eigenvalue weighted by Gasteiger charge is 2.19. The maximum absolute atomic E-state index is 6.18. The molecule has 0 bridgehead atoms. The van der Waals surface area contributed by atoms with Crippen molar-refractivity contribution < 1.29 is 0 Å². The molecule has 1 aromatic rings. The number of likely N-dealkylation sites (tertiary alicyclic amines) is 1. The van der Waals surface area contributed by atoms with Crippen LogP contribution in [0.4, 0.5) is 5.69 Å². The normalized spacial score (nSPS) is 21.1. The molecule has 0 aromatic heterocycles. The molecule has 0 spiro atoms. The van der Waals surface area contributed by atoms with Crippen LogP contribution in [-0.4, -0.2) is 37.3 Å². The van der Waals surface area contributed by atoms with Crippen molar-refractivity contribution in [2.45, 2.75) is 51.9 Å². The Hall–Kier alpha value is -1.91. The third kappa shape index (κ3) is 4.88. The number of unbranched alkanes of at least 4 members (excludes halogenated alkanes) is 2. The van der Waals surface area contributed by atoms with E-state index < -0.39 is 0 Å². The molecule has 1 fully saturated rings. The minimum Gasteiger partial charge on any atom is -0.299 e. The van der Waals surface area contributed by atoms with Crippen LogP contribution in [0.25, 0.3) is 0 Å². The minimum atomic E-state index is 0.958. The SMILES string of the molecule is C=C1CCc2ccc(CCCCCN3CCC(=N/C)/C(=C\C)C3)cc2N1N. The third-order valence-electron chi connectivity index (χ3n) is 5.92. The average molecular weight is 367 g/mol. The van der Waals surface area contributed by atoms with Crippen molar-refractivity contribution >= 4 is 11.4 Å². The van der Waals surface area contributed by atoms with E-state index in [-0.39, 0.29) is 0 Å². The number of aryl methyl sites for hydroxylation is 2. The van der Waals surface area contributed by atoms with E-state index >= 15 is 0 Å². The van der Waals surface area contributed by atoms with Crippen molar-refractivity contribution in [3.05, 3.63) is 53.3 Å². The molecule has 0 saturated carbocycles. The zero-order chi connectivity index (χ0) is 19.2. The number of rotatable bonds is 6. The second kappa shape index (κ2) is 9.34. The number of allylic oxidation sites excluding steroid dienone is 2. The summed E-state index contributed by atoms with van der Waals surface area (Å²) in [5, 5.41) is 1.77. The van der Waals surface area contributed by atoms with Gasteiger partial charge in [0, 0.05) is 38.0 Å². The van der Waals surface area contributed by atoms with Gasteiger partial charge in [0.05, 0.1) is 5.69 Å². The standard InChI is InChI=1S/C23H34N4/c1-4-20-17-26(15-13-22(20)25-3)14-7-5-6-8-19-10-12-21-11-9-18(2)27(24)23(21)16-19/h4,10,12,16H,2,5-9,11,13-15,17,24H2,1,3H3/b20-4-,25-22-. The smallest absolute Gasteiger partial charge is 0.0606 e. The van der Waals surface area contributed by atoms with Crippen molar-refractivity contribution in [1.82, 2.24) is 4.90 Å². The number of aliphatic imine (C=N–C) groups is 1. The minimum absolute atomic E-state index is 0.958. The number of hydrazine groups is 1. The molecule has 4 nitrogen and oxygen atoms in total. The summed E-state index contributed by atoms with van der Waals surface area (Å²) in [6.45, 7) is 9.58. The molecule has 2 N–H and O–H groups in total. The van der Waals surface area contributed by atoms with Gasteiger partial charge in [-0.15, -0.1) is 0 Å². The van der Waals surface area contributed by atoms with Gasteiger partial charge in [-0.1, -0.05) is 31.2 Å². The molecule has 2 aliphatic rings. The Morgan fingerprint density at radius 3 is 2.81 bits per heavy atom. The van der Waals surface area contributed by atoms with Gasteiger partial charge < -0.3 is 0 Å². The monoisotopic (exact) mass is 366 g/mol. The zero-order valence-electron chi connectivity index (χ0n) is 17.0. The Morgan fingerprint density at radius 1 is 1.19 bits per heavy atom. The van der Waals surface area contributed by atoms with Crippen LogP contribution in [0.2, 0.25) is 0 Å². The summed E-state index contributed by atoms with van der Waals surface area (Å²) in [5.74, 6) is 6.18. The van der Waals surface area contributed by atoms with E-state index in [9.17, 15) is 0 Å². The van der Waals surface area contributed by atoms with Crippen LogP contribution in [0.5, 0.6) is 0 Å². The van der Waals surface area contributed by atoms with Crippen LogP contribution in [0.3, 0.4) is 0 Å². The van der Waals surface area contributed by atoms with Crippen LogP contribution >= 0.6 is 0 Å². The van der Waals surface area contributed by atoms with Gasteiger partial charge in [-0.3, -0.25) is 14.9 Å². The Morgan fingerprint density at radius 2 is 2.04 bits per heavy atom. The Balaban J connectivity index is 1.42. The maximum Gasteiger partial charge on any atom is 0.0606 e. The molecule has 1 aromatic carbocycles. The third-order valence-corrected chi connectivity index (χ3v) is 5.92. The molecule has 0 aliphatic carbocycles. The van der Waals surface area contributed by atoms with E-state index in [2.05, 4.69) is 47.7 Å². The summed E-state index contributed by atoms with van der Waals surface area (Å²) in [7, 11) is 1.91. The number of benzene rings is 1. The number of piperidine rings is 1. The molecule has 0 radical (unpaired) electrons. The second-order valence-electron chi connectivity index (χ2n) is 7.72. The van der Waals surface area contributed by atoms with Crippen molar-refractivity contribution in [1.29, 1.82) is 0 Å². The topological polar surface area (TPSA) is 44.9 Å². The number of fused-ring (bicyclic) bond motifs is 1. The number of anilines is 1. The summed E-state index contributed by atoms with van der Waals surface area (Å²) in [6.07, 6.45) is 10.2. The van der Waals surface area contributed by atoms with Gasteiger partial charge in [0.1, 0.15) is 0 Å². The zero-order valence-corrected chi connectivity index (χ0v) is 17.0. The largest absolute Gasteiger partial charge is 0.299 e. The summed E-state index contributed by atoms with van der Waals surface area (Å²) in [4.78, 5) is 6.99. The van der Waals surface area contributed by atoms with E-state index in [1.165, 1.54) is 48.2 Å². The molecular formula is C23H34N4. The fourth-order valence-corrected chi connectivity index (χ4v) is 4.15. The van der Waals surface area contributed by atoms with Gasteiger partial charge >= 0.3 is 0 Å². The van der Waals surface area contributed by atoms with Crippen LogP contribution in [0.1, 0.15) is 50.2 Å². The molecule has 0 amide bonds. The van der Waals surface area contributed by atoms with Crippen molar-refractivity contribution in [3.8, 4) is 0 Å². The molecule has 1 saturated heterocycles. The van der Waals surface area contributed by atoms with E-state index in [1.807, 2.05) is 7.05 Å². The molecule has 2 heterocycles. The highest BCUT2D eigenvalue weighted by atomic mass is 15.4. The molecule has 0 atom stereocenters. The van der Waals surface area contributed by atoms with Crippen molar-refractivity contribution in [2.75, 3.05) is 31.7 Å². The Kier molecular flexibility index (Phi) is 6.86. The highest BCUT2D eigenvalue weighted by Crippen LogP contribution is 2.30. The number of hydrogen-bond donors (Lipinski definition) is 1. The lowest BCUT2D eigenvalue weighted by atomic mass is 9.97. The number of hydrogen-bond acceptors (Lipinski definition) is 4. The van der Waals surface area contributed by atoms with Gasteiger partial charge in [-0.05, 0) is 68.3 Å². The number of nitrogens with zero attached hydrogens (tertiary/aromatic N) is 3. The lowest BCUT2D eigenvalue weighted by molar-refractivity contribution is 0.290. The molecule has 0 unspecified atom stereocenters. The summed E-state index contributed by atoms with van der Waals surface area (Å²) < 4.78 is 0. The molecule has 2 aliphatic heterocycles. The summed E-state index contributed by atoms with van der Waals surface area (Å²) in [6, 6.07) is 6.78. The lowest BCUT2D eigenvalue weighted by Crippen LogP contribution is -2.36. The van der Waals surface area contributed by atoms with Crippen LogP contribution in [0, 0.1) is 0 Å². The van der Waals surface area contributed by atoms with Crippen molar-refractivity contribution in [3.63, 3.8) is 0 Å². The fourth-order valence-electron chi connectivity index (χ4n) is 4.15. The molecular weight excluding hydrogens is 332 g/mol. The maximum atomic E-state index is 6.18. The summed E-state index contributed by atoms with van der Waals surface area (Å²) in [5.41, 5.74) is 7.58. The average Bonchev–Trinajstić information content (AvgIpc) is 2.70. The van der Waals surface area contributed by atoms with Crippen LogP contribution in [-0.2, 0) is 12.8 Å². The van der Waals surface area contributed by atoms with E-state index in [0.29, 0.717) is 0 Å².